The van der Waals surface area contributed by atoms with E-state index < -0.39 is 0 Å². The van der Waals surface area contributed by atoms with Gasteiger partial charge in [-0.1, -0.05) is 18.2 Å². The van der Waals surface area contributed by atoms with E-state index in [0.29, 0.717) is 23.4 Å². The highest BCUT2D eigenvalue weighted by Gasteiger charge is 2.16. The van der Waals surface area contributed by atoms with Gasteiger partial charge in [0, 0.05) is 29.9 Å². The zero-order chi connectivity index (χ0) is 18.8. The van der Waals surface area contributed by atoms with E-state index in [2.05, 4.69) is 34.4 Å². The van der Waals surface area contributed by atoms with Gasteiger partial charge in [-0.25, -0.2) is 14.4 Å². The minimum atomic E-state index is -0.285. The third kappa shape index (κ3) is 3.26. The lowest BCUT2D eigenvalue weighted by Gasteiger charge is -2.18. The van der Waals surface area contributed by atoms with Gasteiger partial charge >= 0.3 is 0 Å². The number of rotatable bonds is 3. The molecule has 4 rings (SSSR count). The summed E-state index contributed by atoms with van der Waals surface area (Å²) >= 11 is 0. The first kappa shape index (κ1) is 17.2. The molecule has 0 saturated carbocycles. The van der Waals surface area contributed by atoms with Crippen molar-refractivity contribution >= 4 is 16.6 Å². The number of allylic oxidation sites excluding steroid dienone is 4. The molecule has 1 aromatic carbocycles. The highest BCUT2D eigenvalue weighted by molar-refractivity contribution is 5.93. The molecule has 0 spiro atoms. The fraction of sp³-hybridized carbons (Fsp3) is 0.130. The number of hydrogen-bond donors (Lipinski definition) is 1. The highest BCUT2D eigenvalue weighted by Crippen LogP contribution is 2.31. The lowest BCUT2D eigenvalue weighted by Crippen LogP contribution is -2.15. The molecule has 1 aliphatic rings. The monoisotopic (exact) mass is 357 g/mol. The standard InChI is InChI=1S/C23H20FN3/c1-3-15(2)16-11-17(14-25-13-16)20-12-22(19-7-4-5-9-21(19)24)27-23-18(20)8-6-10-26-23/h3-13,25H,14H2,1-2H3/b15-3+. The van der Waals surface area contributed by atoms with Crippen molar-refractivity contribution in [1.82, 2.24) is 15.3 Å². The Balaban J connectivity index is 1.94. The summed E-state index contributed by atoms with van der Waals surface area (Å²) in [6, 6.07) is 12.6. The summed E-state index contributed by atoms with van der Waals surface area (Å²) in [6.07, 6.45) is 8.01. The first-order chi connectivity index (χ1) is 13.2. The first-order valence-corrected chi connectivity index (χ1v) is 8.96. The number of aromatic nitrogens is 2. The summed E-state index contributed by atoms with van der Waals surface area (Å²) < 4.78 is 14.4. The molecule has 27 heavy (non-hydrogen) atoms. The van der Waals surface area contributed by atoms with E-state index in [1.165, 1.54) is 11.6 Å². The molecule has 0 amide bonds. The molecule has 0 bridgehead atoms. The molecule has 0 unspecified atom stereocenters. The average Bonchev–Trinajstić information content (AvgIpc) is 2.72. The van der Waals surface area contributed by atoms with E-state index in [0.717, 1.165) is 22.1 Å². The minimum Gasteiger partial charge on any atom is -0.386 e. The molecule has 0 saturated heterocycles. The Kier molecular flexibility index (Phi) is 4.55. The van der Waals surface area contributed by atoms with Crippen LogP contribution >= 0.6 is 0 Å². The van der Waals surface area contributed by atoms with Crippen LogP contribution in [0.5, 0.6) is 0 Å². The SMILES string of the molecule is C/C=C(\C)C1=CNCC(c2cc(-c3ccccc3F)nc3ncccc23)=C1. The van der Waals surface area contributed by atoms with E-state index in [1.807, 2.05) is 37.4 Å². The Morgan fingerprint density at radius 2 is 2.00 bits per heavy atom. The topological polar surface area (TPSA) is 37.8 Å². The van der Waals surface area contributed by atoms with Crippen LogP contribution in [-0.4, -0.2) is 16.5 Å². The zero-order valence-electron chi connectivity index (χ0n) is 15.3. The Labute approximate surface area is 158 Å². The molecule has 3 nitrogen and oxygen atoms in total. The quantitative estimate of drug-likeness (QED) is 0.694. The van der Waals surface area contributed by atoms with Crippen LogP contribution in [0, 0.1) is 5.82 Å². The fourth-order valence-electron chi connectivity index (χ4n) is 3.25. The number of halogens is 1. The first-order valence-electron chi connectivity index (χ1n) is 8.96. The second-order valence-corrected chi connectivity index (χ2v) is 6.53. The van der Waals surface area contributed by atoms with Crippen molar-refractivity contribution in [2.75, 3.05) is 6.54 Å². The van der Waals surface area contributed by atoms with Crippen molar-refractivity contribution in [3.63, 3.8) is 0 Å². The number of fused-ring (bicyclic) bond motifs is 1. The van der Waals surface area contributed by atoms with Crippen molar-refractivity contribution in [2.24, 2.45) is 0 Å². The summed E-state index contributed by atoms with van der Waals surface area (Å²) in [7, 11) is 0. The summed E-state index contributed by atoms with van der Waals surface area (Å²) in [5, 5.41) is 4.31. The van der Waals surface area contributed by atoms with Gasteiger partial charge in [0.25, 0.3) is 0 Å². The number of nitrogens with zero attached hydrogens (tertiary/aromatic N) is 2. The molecule has 0 atom stereocenters. The summed E-state index contributed by atoms with van der Waals surface area (Å²) in [6.45, 7) is 4.81. The van der Waals surface area contributed by atoms with Crippen LogP contribution in [0.2, 0.25) is 0 Å². The normalized spacial score (nSPS) is 14.6. The summed E-state index contributed by atoms with van der Waals surface area (Å²) in [4.78, 5) is 9.02. The Morgan fingerprint density at radius 1 is 1.15 bits per heavy atom. The van der Waals surface area contributed by atoms with Crippen molar-refractivity contribution < 1.29 is 4.39 Å². The van der Waals surface area contributed by atoms with Crippen molar-refractivity contribution in [2.45, 2.75) is 13.8 Å². The predicted molar refractivity (Wildman–Crippen MR) is 108 cm³/mol. The third-order valence-electron chi connectivity index (χ3n) is 4.85. The number of dihydropyridines is 1. The van der Waals surface area contributed by atoms with Gasteiger partial charge in [0.1, 0.15) is 5.82 Å². The lowest BCUT2D eigenvalue weighted by atomic mass is 9.94. The van der Waals surface area contributed by atoms with E-state index in [4.69, 9.17) is 0 Å². The second-order valence-electron chi connectivity index (χ2n) is 6.53. The number of benzene rings is 1. The minimum absolute atomic E-state index is 0.285. The smallest absolute Gasteiger partial charge is 0.160 e. The lowest BCUT2D eigenvalue weighted by molar-refractivity contribution is 0.631. The zero-order valence-corrected chi connectivity index (χ0v) is 15.3. The average molecular weight is 357 g/mol. The Bertz CT molecular complexity index is 1110. The van der Waals surface area contributed by atoms with Crippen LogP contribution in [0.1, 0.15) is 19.4 Å². The van der Waals surface area contributed by atoms with Gasteiger partial charge < -0.3 is 5.32 Å². The molecule has 0 aliphatic carbocycles. The molecular weight excluding hydrogens is 337 g/mol. The maximum atomic E-state index is 14.4. The molecule has 1 aliphatic heterocycles. The maximum absolute atomic E-state index is 14.4. The van der Waals surface area contributed by atoms with Crippen LogP contribution in [0.25, 0.3) is 27.9 Å². The van der Waals surface area contributed by atoms with Gasteiger partial charge in [-0.05, 0) is 72.5 Å². The molecule has 0 fully saturated rings. The summed E-state index contributed by atoms with van der Waals surface area (Å²) in [5.74, 6) is -0.285. The molecule has 4 heteroatoms. The highest BCUT2D eigenvalue weighted by atomic mass is 19.1. The Morgan fingerprint density at radius 3 is 2.81 bits per heavy atom. The predicted octanol–water partition coefficient (Wildman–Crippen LogP) is 5.27. The number of nitrogens with one attached hydrogen (secondary N) is 1. The van der Waals surface area contributed by atoms with E-state index in [9.17, 15) is 4.39 Å². The Hall–Kier alpha value is -3.27. The van der Waals surface area contributed by atoms with Crippen LogP contribution in [0.3, 0.4) is 0 Å². The largest absolute Gasteiger partial charge is 0.386 e. The second kappa shape index (κ2) is 7.16. The van der Waals surface area contributed by atoms with Crippen LogP contribution < -0.4 is 5.32 Å². The summed E-state index contributed by atoms with van der Waals surface area (Å²) in [5.41, 5.74) is 6.18. The molecule has 3 aromatic rings. The van der Waals surface area contributed by atoms with Gasteiger partial charge in [0.2, 0.25) is 0 Å². The third-order valence-corrected chi connectivity index (χ3v) is 4.85. The van der Waals surface area contributed by atoms with Crippen molar-refractivity contribution in [3.05, 3.63) is 89.5 Å². The molecule has 134 valence electrons. The van der Waals surface area contributed by atoms with E-state index >= 15 is 0 Å². The number of hydrogen-bond acceptors (Lipinski definition) is 3. The number of pyridine rings is 2. The van der Waals surface area contributed by atoms with Gasteiger partial charge in [-0.2, -0.15) is 0 Å². The maximum Gasteiger partial charge on any atom is 0.160 e. The van der Waals surface area contributed by atoms with Gasteiger partial charge in [0.05, 0.1) is 5.69 Å². The van der Waals surface area contributed by atoms with E-state index in [-0.39, 0.29) is 5.82 Å². The molecular formula is C23H20FN3. The van der Waals surface area contributed by atoms with Crippen molar-refractivity contribution in [1.29, 1.82) is 0 Å². The molecule has 3 heterocycles. The van der Waals surface area contributed by atoms with Crippen molar-refractivity contribution in [3.8, 4) is 11.3 Å². The van der Waals surface area contributed by atoms with Gasteiger partial charge in [-0.15, -0.1) is 0 Å². The van der Waals surface area contributed by atoms with Crippen LogP contribution in [0.4, 0.5) is 4.39 Å². The van der Waals surface area contributed by atoms with Crippen LogP contribution in [0.15, 0.2) is 78.2 Å². The van der Waals surface area contributed by atoms with Gasteiger partial charge in [-0.3, -0.25) is 0 Å². The van der Waals surface area contributed by atoms with Gasteiger partial charge in [0.15, 0.2) is 5.65 Å². The fourth-order valence-corrected chi connectivity index (χ4v) is 3.25. The molecule has 2 aromatic heterocycles. The van der Waals surface area contributed by atoms with E-state index in [1.54, 1.807) is 18.3 Å². The molecule has 0 radical (unpaired) electrons. The van der Waals surface area contributed by atoms with Crippen LogP contribution in [-0.2, 0) is 0 Å². The molecule has 1 N–H and O–H groups in total.